The molecule has 132 valence electrons. The highest BCUT2D eigenvalue weighted by Gasteiger charge is 2.49. The van der Waals surface area contributed by atoms with E-state index in [0.29, 0.717) is 11.1 Å². The standard InChI is InChI=1S/C17H15F2N3O2.CH4/c1-22-14(23)17(21-16(22)20,11-5-3-2-4-6-11)12-7-9-13(10-8-12)24-15(18)19;/h2-10,15H,1H3,(H2,20,21);1H4. The van der Waals surface area contributed by atoms with E-state index in [2.05, 4.69) is 9.73 Å². The molecule has 7 heteroatoms. The Morgan fingerprint density at radius 1 is 1.08 bits per heavy atom. The number of nitrogens with zero attached hydrogens (tertiary/aromatic N) is 2. The Labute approximate surface area is 144 Å². The molecule has 1 aliphatic rings. The van der Waals surface area contributed by atoms with Crippen LogP contribution in [0.3, 0.4) is 0 Å². The van der Waals surface area contributed by atoms with Crippen molar-refractivity contribution in [2.45, 2.75) is 19.6 Å². The number of rotatable bonds is 4. The molecule has 1 unspecified atom stereocenters. The van der Waals surface area contributed by atoms with Gasteiger partial charge in [0, 0.05) is 7.05 Å². The van der Waals surface area contributed by atoms with E-state index in [9.17, 15) is 13.6 Å². The third kappa shape index (κ3) is 3.05. The minimum atomic E-state index is -2.91. The summed E-state index contributed by atoms with van der Waals surface area (Å²) in [6.45, 7) is -2.91. The molecule has 2 aromatic rings. The van der Waals surface area contributed by atoms with Gasteiger partial charge in [0.05, 0.1) is 0 Å². The number of likely N-dealkylation sites (N-methyl/N-ethyl adjacent to an activating group) is 1. The van der Waals surface area contributed by atoms with E-state index in [1.54, 1.807) is 43.4 Å². The van der Waals surface area contributed by atoms with Crippen LogP contribution in [0.1, 0.15) is 18.6 Å². The van der Waals surface area contributed by atoms with Crippen molar-refractivity contribution in [3.8, 4) is 5.75 Å². The van der Waals surface area contributed by atoms with Crippen LogP contribution in [0.5, 0.6) is 5.75 Å². The minimum Gasteiger partial charge on any atom is -0.435 e. The number of hydrogen-bond acceptors (Lipinski definition) is 4. The molecule has 0 radical (unpaired) electrons. The fourth-order valence-electron chi connectivity index (χ4n) is 2.74. The van der Waals surface area contributed by atoms with Crippen molar-refractivity contribution in [2.75, 3.05) is 7.05 Å². The SMILES string of the molecule is C.CN1C(=O)C(c2ccccc2)(c2ccc(OC(F)F)cc2)N=C1N. The number of benzene rings is 2. The summed E-state index contributed by atoms with van der Waals surface area (Å²) in [4.78, 5) is 18.6. The lowest BCUT2D eigenvalue weighted by Gasteiger charge is -2.26. The smallest absolute Gasteiger partial charge is 0.387 e. The van der Waals surface area contributed by atoms with Crippen LogP contribution >= 0.6 is 0 Å². The van der Waals surface area contributed by atoms with Crippen molar-refractivity contribution in [2.24, 2.45) is 10.7 Å². The first-order valence-electron chi connectivity index (χ1n) is 7.19. The maximum absolute atomic E-state index is 12.9. The van der Waals surface area contributed by atoms with Crippen molar-refractivity contribution < 1.29 is 18.3 Å². The molecule has 1 aliphatic heterocycles. The average Bonchev–Trinajstić information content (AvgIpc) is 2.81. The number of alkyl halides is 2. The summed E-state index contributed by atoms with van der Waals surface area (Å²) in [5.41, 5.74) is 5.68. The quantitative estimate of drug-likeness (QED) is 0.925. The van der Waals surface area contributed by atoms with E-state index in [0.717, 1.165) is 0 Å². The van der Waals surface area contributed by atoms with Crippen LogP contribution in [0, 0.1) is 0 Å². The molecule has 2 N–H and O–H groups in total. The number of nitrogens with two attached hydrogens (primary N) is 1. The number of halogens is 2. The molecule has 0 saturated carbocycles. The second-order valence-corrected chi connectivity index (χ2v) is 5.31. The van der Waals surface area contributed by atoms with Gasteiger partial charge in [-0.3, -0.25) is 9.69 Å². The van der Waals surface area contributed by atoms with Crippen molar-refractivity contribution in [1.82, 2.24) is 4.90 Å². The first kappa shape index (κ1) is 18.4. The maximum Gasteiger partial charge on any atom is 0.387 e. The van der Waals surface area contributed by atoms with Crippen molar-refractivity contribution in [1.29, 1.82) is 0 Å². The minimum absolute atomic E-state index is 0. The molecule has 1 atom stereocenters. The van der Waals surface area contributed by atoms with E-state index in [4.69, 9.17) is 5.73 Å². The van der Waals surface area contributed by atoms with Crippen LogP contribution in [-0.4, -0.2) is 30.4 Å². The number of carbonyl (C=O) groups excluding carboxylic acids is 1. The summed E-state index contributed by atoms with van der Waals surface area (Å²) in [6, 6.07) is 14.8. The Bertz CT molecular complexity index is 779. The van der Waals surface area contributed by atoms with E-state index < -0.39 is 12.2 Å². The summed E-state index contributed by atoms with van der Waals surface area (Å²) in [5, 5.41) is 0. The summed E-state index contributed by atoms with van der Waals surface area (Å²) < 4.78 is 29.0. The Morgan fingerprint density at radius 2 is 1.64 bits per heavy atom. The topological polar surface area (TPSA) is 67.9 Å². The molecule has 0 aliphatic carbocycles. The van der Waals surface area contributed by atoms with Gasteiger partial charge in [-0.05, 0) is 23.3 Å². The van der Waals surface area contributed by atoms with Crippen molar-refractivity contribution in [3.63, 3.8) is 0 Å². The highest BCUT2D eigenvalue weighted by molar-refractivity contribution is 6.08. The monoisotopic (exact) mass is 347 g/mol. The van der Waals surface area contributed by atoms with Gasteiger partial charge >= 0.3 is 6.61 Å². The van der Waals surface area contributed by atoms with E-state index >= 15 is 0 Å². The molecular weight excluding hydrogens is 328 g/mol. The highest BCUT2D eigenvalue weighted by Crippen LogP contribution is 2.39. The Hall–Kier alpha value is -2.96. The van der Waals surface area contributed by atoms with Crippen LogP contribution in [0.2, 0.25) is 0 Å². The summed E-state index contributed by atoms with van der Waals surface area (Å²) in [5.74, 6) is -0.210. The molecule has 2 aromatic carbocycles. The van der Waals surface area contributed by atoms with Crippen molar-refractivity contribution >= 4 is 11.9 Å². The third-order valence-corrected chi connectivity index (χ3v) is 3.93. The largest absolute Gasteiger partial charge is 0.435 e. The van der Waals surface area contributed by atoms with Crippen LogP contribution < -0.4 is 10.5 Å². The van der Waals surface area contributed by atoms with Gasteiger partial charge in [0.25, 0.3) is 5.91 Å². The van der Waals surface area contributed by atoms with Crippen LogP contribution in [0.4, 0.5) is 8.78 Å². The molecule has 0 fully saturated rings. The van der Waals surface area contributed by atoms with Gasteiger partial charge in [-0.1, -0.05) is 49.9 Å². The molecule has 0 aromatic heterocycles. The first-order valence-corrected chi connectivity index (χ1v) is 7.19. The van der Waals surface area contributed by atoms with Gasteiger partial charge in [0.2, 0.25) is 0 Å². The molecule has 0 spiro atoms. The summed E-state index contributed by atoms with van der Waals surface area (Å²) >= 11 is 0. The number of guanidine groups is 1. The predicted octanol–water partition coefficient (Wildman–Crippen LogP) is 2.95. The first-order chi connectivity index (χ1) is 11.4. The lowest BCUT2D eigenvalue weighted by Crippen LogP contribution is -2.41. The summed E-state index contributed by atoms with van der Waals surface area (Å²) in [7, 11) is 1.54. The molecular formula is C18H19F2N3O2. The predicted molar refractivity (Wildman–Crippen MR) is 91.4 cm³/mol. The number of aliphatic imine (C=N–C) groups is 1. The van der Waals surface area contributed by atoms with Gasteiger partial charge in [0.15, 0.2) is 11.5 Å². The fraction of sp³-hybridized carbons (Fsp3) is 0.222. The zero-order chi connectivity index (χ0) is 17.3. The maximum atomic E-state index is 12.9. The lowest BCUT2D eigenvalue weighted by molar-refractivity contribution is -0.129. The molecule has 1 heterocycles. The van der Waals surface area contributed by atoms with E-state index in [-0.39, 0.29) is 25.0 Å². The Morgan fingerprint density at radius 3 is 2.12 bits per heavy atom. The second kappa shape index (κ2) is 6.88. The molecule has 1 amide bonds. The lowest BCUT2D eigenvalue weighted by atomic mass is 9.83. The van der Waals surface area contributed by atoms with E-state index in [1.165, 1.54) is 17.0 Å². The third-order valence-electron chi connectivity index (χ3n) is 3.93. The number of amides is 1. The molecule has 0 saturated heterocycles. The number of ether oxygens (including phenoxy) is 1. The molecule has 5 nitrogen and oxygen atoms in total. The van der Waals surface area contributed by atoms with Gasteiger partial charge in [-0.25, -0.2) is 4.99 Å². The van der Waals surface area contributed by atoms with Crippen LogP contribution in [0.25, 0.3) is 0 Å². The second-order valence-electron chi connectivity index (χ2n) is 5.31. The van der Waals surface area contributed by atoms with Gasteiger partial charge in [-0.2, -0.15) is 8.78 Å². The Balaban J connectivity index is 0.00000225. The number of carbonyl (C=O) groups is 1. The molecule has 0 bridgehead atoms. The highest BCUT2D eigenvalue weighted by atomic mass is 19.3. The zero-order valence-electron chi connectivity index (χ0n) is 12.8. The normalized spacial score (nSPS) is 19.6. The van der Waals surface area contributed by atoms with Crippen molar-refractivity contribution in [3.05, 3.63) is 65.7 Å². The van der Waals surface area contributed by atoms with Crippen LogP contribution in [-0.2, 0) is 10.3 Å². The Kier molecular flexibility index (Phi) is 5.06. The zero-order valence-corrected chi connectivity index (χ0v) is 12.8. The van der Waals surface area contributed by atoms with Gasteiger partial charge < -0.3 is 10.5 Å². The van der Waals surface area contributed by atoms with E-state index in [1.807, 2.05) is 6.07 Å². The van der Waals surface area contributed by atoms with Gasteiger partial charge in [0.1, 0.15) is 5.75 Å². The summed E-state index contributed by atoms with van der Waals surface area (Å²) in [6.07, 6.45) is 0. The average molecular weight is 347 g/mol. The van der Waals surface area contributed by atoms with Crippen LogP contribution in [0.15, 0.2) is 59.6 Å². The molecule has 25 heavy (non-hydrogen) atoms. The molecule has 3 rings (SSSR count). The van der Waals surface area contributed by atoms with Gasteiger partial charge in [-0.15, -0.1) is 0 Å². The number of hydrogen-bond donors (Lipinski definition) is 1. The fourth-order valence-corrected chi connectivity index (χ4v) is 2.74.